The fourth-order valence-corrected chi connectivity index (χ4v) is 8.39. The molecular formula is C43H26N2OS. The summed E-state index contributed by atoms with van der Waals surface area (Å²) in [6, 6.07) is 55.8. The van der Waals surface area contributed by atoms with Gasteiger partial charge in [-0.15, -0.1) is 11.3 Å². The standard InChI is InChI=1S/C43H26N2OS/c1-2-11-28(12-3-1)42-32-25-26-39-41(40(32)31-13-4-5-16-34(31)44-42)33-15-10-14-30(43(33)47-39)27-21-23-29(24-22-27)45-35-17-6-8-19-37(35)46-38-20-9-7-18-36(38)45/h1-26H. The topological polar surface area (TPSA) is 25.4 Å². The van der Waals surface area contributed by atoms with Gasteiger partial charge in [0.15, 0.2) is 11.5 Å². The summed E-state index contributed by atoms with van der Waals surface area (Å²) in [6.45, 7) is 0. The van der Waals surface area contributed by atoms with E-state index in [0.29, 0.717) is 0 Å². The predicted octanol–water partition coefficient (Wildman–Crippen LogP) is 12.7. The lowest BCUT2D eigenvalue weighted by Gasteiger charge is -2.32. The van der Waals surface area contributed by atoms with E-state index in [1.54, 1.807) is 0 Å². The van der Waals surface area contributed by atoms with Crippen LogP contribution in [0.2, 0.25) is 0 Å². The summed E-state index contributed by atoms with van der Waals surface area (Å²) in [5.41, 5.74) is 8.78. The second-order valence-corrected chi connectivity index (χ2v) is 13.0. The lowest BCUT2D eigenvalue weighted by Crippen LogP contribution is -2.15. The molecule has 4 heteroatoms. The number of hydrogen-bond acceptors (Lipinski definition) is 4. The van der Waals surface area contributed by atoms with Crippen molar-refractivity contribution in [1.82, 2.24) is 4.98 Å². The summed E-state index contributed by atoms with van der Waals surface area (Å²) in [5, 5.41) is 6.23. The number of nitrogens with zero attached hydrogens (tertiary/aromatic N) is 2. The third-order valence-corrected chi connectivity index (χ3v) is 10.4. The molecule has 9 aromatic rings. The van der Waals surface area contributed by atoms with Crippen molar-refractivity contribution in [3.63, 3.8) is 0 Å². The number of benzene rings is 7. The number of pyridine rings is 1. The first-order valence-electron chi connectivity index (χ1n) is 15.8. The van der Waals surface area contributed by atoms with Crippen LogP contribution in [0.5, 0.6) is 11.5 Å². The van der Waals surface area contributed by atoms with E-state index in [2.05, 4.69) is 138 Å². The molecule has 0 atom stereocenters. The molecule has 2 aromatic heterocycles. The minimum absolute atomic E-state index is 0.857. The summed E-state index contributed by atoms with van der Waals surface area (Å²) >= 11 is 1.87. The van der Waals surface area contributed by atoms with Crippen LogP contribution in [0.25, 0.3) is 64.2 Å². The quantitative estimate of drug-likeness (QED) is 0.184. The average molecular weight is 619 g/mol. The molecule has 0 spiro atoms. The summed E-state index contributed by atoms with van der Waals surface area (Å²) in [4.78, 5) is 7.46. The highest BCUT2D eigenvalue weighted by Crippen LogP contribution is 2.51. The summed E-state index contributed by atoms with van der Waals surface area (Å²) in [5.74, 6) is 1.71. The van der Waals surface area contributed by atoms with Gasteiger partial charge in [0, 0.05) is 47.6 Å². The molecule has 0 radical (unpaired) electrons. The van der Waals surface area contributed by atoms with Crippen LogP contribution in [0.3, 0.4) is 0 Å². The van der Waals surface area contributed by atoms with Crippen molar-refractivity contribution < 1.29 is 4.74 Å². The molecule has 0 aliphatic carbocycles. The van der Waals surface area contributed by atoms with Gasteiger partial charge in [0.1, 0.15) is 0 Å². The molecule has 3 heterocycles. The number of para-hydroxylation sites is 5. The molecule has 0 unspecified atom stereocenters. The maximum atomic E-state index is 6.24. The van der Waals surface area contributed by atoms with Gasteiger partial charge in [0.05, 0.1) is 22.6 Å². The van der Waals surface area contributed by atoms with Crippen molar-refractivity contribution in [2.24, 2.45) is 0 Å². The van der Waals surface area contributed by atoms with Crippen LogP contribution in [-0.4, -0.2) is 4.98 Å². The molecule has 0 N–H and O–H groups in total. The Labute approximate surface area is 275 Å². The van der Waals surface area contributed by atoms with E-state index in [1.165, 1.54) is 47.5 Å². The normalized spacial score (nSPS) is 12.4. The Balaban J connectivity index is 1.16. The van der Waals surface area contributed by atoms with Crippen LogP contribution in [0, 0.1) is 0 Å². The second kappa shape index (κ2) is 10.3. The van der Waals surface area contributed by atoms with Gasteiger partial charge in [-0.1, -0.05) is 109 Å². The van der Waals surface area contributed by atoms with Gasteiger partial charge in [0.25, 0.3) is 0 Å². The minimum Gasteiger partial charge on any atom is -0.453 e. The molecule has 0 fully saturated rings. The number of aromatic nitrogens is 1. The van der Waals surface area contributed by atoms with E-state index in [9.17, 15) is 0 Å². The van der Waals surface area contributed by atoms with E-state index >= 15 is 0 Å². The Kier molecular flexibility index (Phi) is 5.74. The molecule has 3 nitrogen and oxygen atoms in total. The zero-order valence-electron chi connectivity index (χ0n) is 25.2. The average Bonchev–Trinajstić information content (AvgIpc) is 3.53. The Morgan fingerprint density at radius 2 is 1.17 bits per heavy atom. The lowest BCUT2D eigenvalue weighted by atomic mass is 9.95. The van der Waals surface area contributed by atoms with Crippen LogP contribution in [-0.2, 0) is 0 Å². The van der Waals surface area contributed by atoms with Crippen molar-refractivity contribution >= 4 is 70.2 Å². The molecule has 0 amide bonds. The van der Waals surface area contributed by atoms with Crippen molar-refractivity contribution in [2.45, 2.75) is 0 Å². The zero-order chi connectivity index (χ0) is 30.9. The highest BCUT2D eigenvalue weighted by atomic mass is 32.1. The fraction of sp³-hybridized carbons (Fsp3) is 0. The minimum atomic E-state index is 0.857. The molecule has 1 aliphatic heterocycles. The summed E-state index contributed by atoms with van der Waals surface area (Å²) in [7, 11) is 0. The molecule has 7 aromatic carbocycles. The number of rotatable bonds is 3. The number of anilines is 3. The monoisotopic (exact) mass is 618 g/mol. The van der Waals surface area contributed by atoms with Crippen molar-refractivity contribution in [2.75, 3.05) is 4.90 Å². The van der Waals surface area contributed by atoms with Crippen molar-refractivity contribution in [3.8, 4) is 33.9 Å². The molecule has 1 aliphatic rings. The third-order valence-electron chi connectivity index (χ3n) is 9.24. The third kappa shape index (κ3) is 4.02. The molecule has 47 heavy (non-hydrogen) atoms. The summed E-state index contributed by atoms with van der Waals surface area (Å²) < 4.78 is 8.83. The van der Waals surface area contributed by atoms with Crippen molar-refractivity contribution in [3.05, 3.63) is 158 Å². The van der Waals surface area contributed by atoms with E-state index < -0.39 is 0 Å². The van der Waals surface area contributed by atoms with Gasteiger partial charge in [-0.3, -0.25) is 0 Å². The lowest BCUT2D eigenvalue weighted by molar-refractivity contribution is 0.477. The SMILES string of the molecule is c1ccc(-c2nc3ccccc3c3c2ccc2sc4c(-c5ccc(N6c7ccccc7Oc7ccccc76)cc5)cccc4c23)cc1. The van der Waals surface area contributed by atoms with Gasteiger partial charge < -0.3 is 9.64 Å². The first-order chi connectivity index (χ1) is 23.3. The number of fused-ring (bicyclic) bond motifs is 9. The Hall–Kier alpha value is -5.97. The molecule has 220 valence electrons. The Morgan fingerprint density at radius 1 is 0.489 bits per heavy atom. The second-order valence-electron chi connectivity index (χ2n) is 11.9. The molecule has 0 bridgehead atoms. The largest absolute Gasteiger partial charge is 0.453 e. The Bertz CT molecular complexity index is 2610. The van der Waals surface area contributed by atoms with Gasteiger partial charge in [-0.25, -0.2) is 4.98 Å². The molecule has 10 rings (SSSR count). The van der Waals surface area contributed by atoms with Crippen LogP contribution in [0.1, 0.15) is 0 Å². The van der Waals surface area contributed by atoms with E-state index in [4.69, 9.17) is 9.72 Å². The first kappa shape index (κ1) is 26.3. The maximum absolute atomic E-state index is 6.24. The smallest absolute Gasteiger partial charge is 0.151 e. The van der Waals surface area contributed by atoms with Gasteiger partial charge >= 0.3 is 0 Å². The molecule has 0 saturated heterocycles. The van der Waals surface area contributed by atoms with E-state index in [1.807, 2.05) is 35.6 Å². The van der Waals surface area contributed by atoms with Crippen LogP contribution in [0.4, 0.5) is 17.1 Å². The van der Waals surface area contributed by atoms with E-state index in [-0.39, 0.29) is 0 Å². The first-order valence-corrected chi connectivity index (χ1v) is 16.6. The van der Waals surface area contributed by atoms with Crippen LogP contribution in [0.15, 0.2) is 158 Å². The van der Waals surface area contributed by atoms with E-state index in [0.717, 1.165) is 45.3 Å². The Morgan fingerprint density at radius 3 is 1.96 bits per heavy atom. The predicted molar refractivity (Wildman–Crippen MR) is 198 cm³/mol. The zero-order valence-corrected chi connectivity index (χ0v) is 26.0. The number of hydrogen-bond donors (Lipinski definition) is 0. The van der Waals surface area contributed by atoms with Crippen LogP contribution >= 0.6 is 11.3 Å². The van der Waals surface area contributed by atoms with Crippen molar-refractivity contribution in [1.29, 1.82) is 0 Å². The van der Waals surface area contributed by atoms with Gasteiger partial charge in [-0.05, 0) is 59.7 Å². The highest BCUT2D eigenvalue weighted by molar-refractivity contribution is 7.26. The van der Waals surface area contributed by atoms with Crippen LogP contribution < -0.4 is 9.64 Å². The fourth-order valence-electron chi connectivity index (χ4n) is 7.15. The number of ether oxygens (including phenoxy) is 1. The summed E-state index contributed by atoms with van der Waals surface area (Å²) in [6.07, 6.45) is 0. The highest BCUT2D eigenvalue weighted by Gasteiger charge is 2.25. The van der Waals surface area contributed by atoms with Gasteiger partial charge in [0.2, 0.25) is 0 Å². The number of thiophene rings is 1. The molecular weight excluding hydrogens is 593 g/mol. The molecule has 0 saturated carbocycles. The van der Waals surface area contributed by atoms with Gasteiger partial charge in [-0.2, -0.15) is 0 Å². The maximum Gasteiger partial charge on any atom is 0.151 e.